The molecule has 2 aromatic carbocycles. The minimum Gasteiger partial charge on any atom is -0.351 e. The number of alkyl halides is 3. The summed E-state index contributed by atoms with van der Waals surface area (Å²) in [6.45, 7) is 0.226. The van der Waals surface area contributed by atoms with E-state index >= 15 is 0 Å². The summed E-state index contributed by atoms with van der Waals surface area (Å²) in [6, 6.07) is 10.7. The lowest BCUT2D eigenvalue weighted by atomic mass is 9.95. The Balaban J connectivity index is 1.74. The van der Waals surface area contributed by atoms with Crippen molar-refractivity contribution in [3.63, 3.8) is 0 Å². The maximum absolute atomic E-state index is 13.0. The highest BCUT2D eigenvalue weighted by Gasteiger charge is 2.44. The van der Waals surface area contributed by atoms with Crippen molar-refractivity contribution in [2.75, 3.05) is 6.54 Å². The second-order valence-electron chi connectivity index (χ2n) is 6.01. The fraction of sp³-hybridized carbons (Fsp3) is 0.278. The molecule has 126 valence electrons. The van der Waals surface area contributed by atoms with Crippen LogP contribution in [0.3, 0.4) is 0 Å². The number of nitrogens with one attached hydrogen (secondary N) is 1. The molecule has 1 N–H and O–H groups in total. The number of amides is 1. The van der Waals surface area contributed by atoms with Crippen molar-refractivity contribution in [2.24, 2.45) is 0 Å². The van der Waals surface area contributed by atoms with Crippen molar-refractivity contribution in [3.05, 3.63) is 71.0 Å². The summed E-state index contributed by atoms with van der Waals surface area (Å²) in [6.07, 6.45) is -2.97. The smallest absolute Gasteiger partial charge is 0.351 e. The molecule has 0 atom stereocenters. The van der Waals surface area contributed by atoms with Crippen molar-refractivity contribution in [1.82, 2.24) is 5.32 Å². The summed E-state index contributed by atoms with van der Waals surface area (Å²) in [7, 11) is 0. The van der Waals surface area contributed by atoms with E-state index in [1.165, 1.54) is 24.3 Å². The molecule has 3 rings (SSSR count). The fourth-order valence-electron chi connectivity index (χ4n) is 2.79. The fourth-order valence-corrected chi connectivity index (χ4v) is 2.79. The summed E-state index contributed by atoms with van der Waals surface area (Å²) in [5.41, 5.74) is -0.765. The van der Waals surface area contributed by atoms with Gasteiger partial charge < -0.3 is 5.32 Å². The first-order valence-corrected chi connectivity index (χ1v) is 7.52. The maximum atomic E-state index is 13.0. The molecule has 0 bridgehead atoms. The zero-order valence-corrected chi connectivity index (χ0v) is 12.7. The van der Waals surface area contributed by atoms with Gasteiger partial charge in [0, 0.05) is 12.0 Å². The van der Waals surface area contributed by atoms with Crippen molar-refractivity contribution in [1.29, 1.82) is 0 Å². The highest BCUT2D eigenvalue weighted by Crippen LogP contribution is 2.47. The summed E-state index contributed by atoms with van der Waals surface area (Å²) in [4.78, 5) is 12.2. The first-order valence-electron chi connectivity index (χ1n) is 7.52. The molecule has 0 aliphatic heterocycles. The lowest BCUT2D eigenvalue weighted by Gasteiger charge is -2.18. The Bertz CT molecular complexity index is 748. The Morgan fingerprint density at radius 1 is 1.04 bits per heavy atom. The van der Waals surface area contributed by atoms with Crippen LogP contribution >= 0.6 is 0 Å². The summed E-state index contributed by atoms with van der Waals surface area (Å²) < 4.78 is 52.0. The first-order chi connectivity index (χ1) is 11.3. The lowest BCUT2D eigenvalue weighted by Crippen LogP contribution is -2.33. The van der Waals surface area contributed by atoms with Crippen molar-refractivity contribution < 1.29 is 22.4 Å². The third-order valence-electron chi connectivity index (χ3n) is 4.37. The van der Waals surface area contributed by atoms with E-state index in [0.29, 0.717) is 0 Å². The Morgan fingerprint density at radius 2 is 1.67 bits per heavy atom. The number of hydrogen-bond acceptors (Lipinski definition) is 1. The van der Waals surface area contributed by atoms with Crippen molar-refractivity contribution in [2.45, 2.75) is 24.4 Å². The van der Waals surface area contributed by atoms with Gasteiger partial charge in [-0.1, -0.05) is 24.3 Å². The maximum Gasteiger partial charge on any atom is 0.417 e. The molecular weight excluding hydrogens is 322 g/mol. The van der Waals surface area contributed by atoms with Crippen LogP contribution in [0, 0.1) is 5.82 Å². The average molecular weight is 337 g/mol. The molecular formula is C18H15F4NO. The largest absolute Gasteiger partial charge is 0.417 e. The molecule has 2 nitrogen and oxygen atoms in total. The Hall–Kier alpha value is -2.37. The second-order valence-corrected chi connectivity index (χ2v) is 6.01. The van der Waals surface area contributed by atoms with Gasteiger partial charge in [0.1, 0.15) is 5.82 Å². The molecule has 1 aliphatic carbocycles. The van der Waals surface area contributed by atoms with E-state index in [4.69, 9.17) is 0 Å². The Kier molecular flexibility index (Phi) is 4.07. The molecule has 1 amide bonds. The monoisotopic (exact) mass is 337 g/mol. The molecule has 0 spiro atoms. The van der Waals surface area contributed by atoms with Gasteiger partial charge in [0.05, 0.1) is 11.1 Å². The SMILES string of the molecule is O=C(NCC1(c2ccc(F)cc2)CC1)c1ccccc1C(F)(F)F. The molecule has 0 saturated heterocycles. The quantitative estimate of drug-likeness (QED) is 0.828. The van der Waals surface area contributed by atoms with Crippen LogP contribution in [-0.4, -0.2) is 12.5 Å². The molecule has 6 heteroatoms. The molecule has 1 fully saturated rings. The van der Waals surface area contributed by atoms with Crippen LogP contribution in [0.2, 0.25) is 0 Å². The molecule has 0 heterocycles. The topological polar surface area (TPSA) is 29.1 Å². The second kappa shape index (κ2) is 5.92. The third-order valence-corrected chi connectivity index (χ3v) is 4.37. The van der Waals surface area contributed by atoms with E-state index in [-0.39, 0.29) is 23.3 Å². The van der Waals surface area contributed by atoms with Crippen LogP contribution in [0.4, 0.5) is 17.6 Å². The van der Waals surface area contributed by atoms with E-state index in [1.807, 2.05) is 0 Å². The van der Waals surface area contributed by atoms with Crippen LogP contribution in [-0.2, 0) is 11.6 Å². The molecule has 0 unspecified atom stereocenters. The molecule has 0 radical (unpaired) electrons. The van der Waals surface area contributed by atoms with E-state index in [1.54, 1.807) is 12.1 Å². The van der Waals surface area contributed by atoms with Crippen molar-refractivity contribution >= 4 is 5.91 Å². The van der Waals surface area contributed by atoms with Gasteiger partial charge in [0.2, 0.25) is 0 Å². The zero-order chi connectivity index (χ0) is 17.4. The van der Waals surface area contributed by atoms with Gasteiger partial charge in [-0.2, -0.15) is 13.2 Å². The molecule has 1 aliphatic rings. The Morgan fingerprint density at radius 3 is 2.25 bits per heavy atom. The Labute approximate surface area is 136 Å². The van der Waals surface area contributed by atoms with Gasteiger partial charge in [-0.25, -0.2) is 4.39 Å². The van der Waals surface area contributed by atoms with Gasteiger partial charge in [-0.15, -0.1) is 0 Å². The summed E-state index contributed by atoms with van der Waals surface area (Å²) >= 11 is 0. The molecule has 0 aromatic heterocycles. The third kappa shape index (κ3) is 3.27. The van der Waals surface area contributed by atoms with Gasteiger partial charge in [0.15, 0.2) is 0 Å². The average Bonchev–Trinajstić information content (AvgIpc) is 3.33. The van der Waals surface area contributed by atoms with Gasteiger partial charge in [0.25, 0.3) is 5.91 Å². The molecule has 1 saturated carbocycles. The predicted octanol–water partition coefficient (Wildman–Crippen LogP) is 4.31. The normalized spacial score (nSPS) is 15.8. The van der Waals surface area contributed by atoms with Gasteiger partial charge >= 0.3 is 6.18 Å². The molecule has 2 aromatic rings. The summed E-state index contributed by atoms with van der Waals surface area (Å²) in [5.74, 6) is -1.10. The van der Waals surface area contributed by atoms with Gasteiger partial charge in [-0.3, -0.25) is 4.79 Å². The van der Waals surface area contributed by atoms with Crippen molar-refractivity contribution in [3.8, 4) is 0 Å². The standard InChI is InChI=1S/C18H15F4NO/c19-13-7-5-12(6-8-13)17(9-10-17)11-23-16(24)14-3-1-2-4-15(14)18(20,21)22/h1-8H,9-11H2,(H,23,24). The van der Waals surface area contributed by atoms with Crippen LogP contribution in [0.25, 0.3) is 0 Å². The van der Waals surface area contributed by atoms with E-state index in [0.717, 1.165) is 30.5 Å². The number of halogens is 4. The van der Waals surface area contributed by atoms with Crippen LogP contribution in [0.15, 0.2) is 48.5 Å². The highest BCUT2D eigenvalue weighted by molar-refractivity contribution is 5.96. The van der Waals surface area contributed by atoms with Crippen LogP contribution in [0.5, 0.6) is 0 Å². The number of hydrogen-bond donors (Lipinski definition) is 1. The van der Waals surface area contributed by atoms with Crippen LogP contribution in [0.1, 0.15) is 34.3 Å². The highest BCUT2D eigenvalue weighted by atomic mass is 19.4. The minimum absolute atomic E-state index is 0.226. The first kappa shape index (κ1) is 16.5. The van der Waals surface area contributed by atoms with Crippen LogP contribution < -0.4 is 5.32 Å². The number of carbonyl (C=O) groups excluding carboxylic acids is 1. The number of benzene rings is 2. The van der Waals surface area contributed by atoms with Gasteiger partial charge in [-0.05, 0) is 42.7 Å². The number of rotatable bonds is 4. The van der Waals surface area contributed by atoms with E-state index in [2.05, 4.69) is 5.32 Å². The predicted molar refractivity (Wildman–Crippen MR) is 81.1 cm³/mol. The zero-order valence-electron chi connectivity index (χ0n) is 12.7. The number of carbonyl (C=O) groups is 1. The van der Waals surface area contributed by atoms with E-state index < -0.39 is 17.6 Å². The molecule has 24 heavy (non-hydrogen) atoms. The minimum atomic E-state index is -4.58. The summed E-state index contributed by atoms with van der Waals surface area (Å²) in [5, 5.41) is 2.59. The lowest BCUT2D eigenvalue weighted by molar-refractivity contribution is -0.137. The van der Waals surface area contributed by atoms with E-state index in [9.17, 15) is 22.4 Å².